The largest absolute Gasteiger partial charge is 0.370 e. The minimum atomic E-state index is 0.449. The van der Waals surface area contributed by atoms with Crippen LogP contribution >= 0.6 is 0 Å². The fourth-order valence-corrected chi connectivity index (χ4v) is 1.08. The highest BCUT2D eigenvalue weighted by Crippen LogP contribution is 2.20. The molecule has 0 saturated heterocycles. The third-order valence-corrected chi connectivity index (χ3v) is 1.90. The van der Waals surface area contributed by atoms with E-state index < -0.39 is 0 Å². The summed E-state index contributed by atoms with van der Waals surface area (Å²) in [6.07, 6.45) is 3.67. The molecule has 78 valence electrons. The van der Waals surface area contributed by atoms with E-state index in [0.29, 0.717) is 11.4 Å². The molecule has 0 spiro atoms. The van der Waals surface area contributed by atoms with Gasteiger partial charge in [-0.25, -0.2) is 0 Å². The molecule has 3 heteroatoms. The first-order valence-electron chi connectivity index (χ1n) is 4.92. The van der Waals surface area contributed by atoms with Gasteiger partial charge < -0.3 is 11.1 Å². The van der Waals surface area contributed by atoms with Crippen LogP contribution in [0.4, 0.5) is 0 Å². The van der Waals surface area contributed by atoms with E-state index in [1.807, 2.05) is 0 Å². The Bertz CT molecular complexity index is 156. The van der Waals surface area contributed by atoms with Crippen LogP contribution in [0.1, 0.15) is 40.0 Å². The van der Waals surface area contributed by atoms with Gasteiger partial charge in [-0.15, -0.1) is 0 Å². The van der Waals surface area contributed by atoms with Crippen molar-refractivity contribution < 1.29 is 0 Å². The van der Waals surface area contributed by atoms with Crippen molar-refractivity contribution in [3.8, 4) is 0 Å². The van der Waals surface area contributed by atoms with E-state index in [4.69, 9.17) is 5.73 Å². The summed E-state index contributed by atoms with van der Waals surface area (Å²) < 4.78 is 0. The number of guanidine groups is 1. The number of nitrogens with zero attached hydrogens (tertiary/aromatic N) is 1. The number of aliphatic imine (C=N–C) groups is 1. The quantitative estimate of drug-likeness (QED) is 0.398. The minimum Gasteiger partial charge on any atom is -0.370 e. The van der Waals surface area contributed by atoms with Crippen molar-refractivity contribution in [3.05, 3.63) is 0 Å². The van der Waals surface area contributed by atoms with Crippen LogP contribution < -0.4 is 11.1 Å². The van der Waals surface area contributed by atoms with Gasteiger partial charge in [0.2, 0.25) is 0 Å². The first kappa shape index (κ1) is 12.3. The van der Waals surface area contributed by atoms with Crippen molar-refractivity contribution in [3.63, 3.8) is 0 Å². The summed E-state index contributed by atoms with van der Waals surface area (Å²) in [5, 5.41) is 3.05. The lowest BCUT2D eigenvalue weighted by Crippen LogP contribution is -2.32. The molecule has 0 aliphatic carbocycles. The second-order valence-corrected chi connectivity index (χ2v) is 4.55. The molecule has 0 aliphatic heterocycles. The zero-order valence-electron chi connectivity index (χ0n) is 9.35. The van der Waals surface area contributed by atoms with Gasteiger partial charge in [-0.3, -0.25) is 4.99 Å². The molecule has 0 heterocycles. The average molecular weight is 185 g/mol. The second kappa shape index (κ2) is 5.84. The van der Waals surface area contributed by atoms with Crippen molar-refractivity contribution >= 4 is 5.96 Å². The van der Waals surface area contributed by atoms with Crippen LogP contribution in [0.2, 0.25) is 0 Å². The Hall–Kier alpha value is -0.730. The van der Waals surface area contributed by atoms with Gasteiger partial charge in [0.05, 0.1) is 0 Å². The topological polar surface area (TPSA) is 50.4 Å². The van der Waals surface area contributed by atoms with E-state index in [1.54, 1.807) is 7.05 Å². The monoisotopic (exact) mass is 185 g/mol. The van der Waals surface area contributed by atoms with E-state index in [-0.39, 0.29) is 0 Å². The fraction of sp³-hybridized carbons (Fsp3) is 0.900. The molecule has 3 nitrogen and oxygen atoms in total. The molecule has 0 rings (SSSR count). The maximum atomic E-state index is 5.48. The number of rotatable bonds is 4. The van der Waals surface area contributed by atoms with Gasteiger partial charge in [-0.2, -0.15) is 0 Å². The Morgan fingerprint density at radius 3 is 2.38 bits per heavy atom. The first-order valence-corrected chi connectivity index (χ1v) is 4.92. The van der Waals surface area contributed by atoms with Crippen molar-refractivity contribution in [2.24, 2.45) is 16.1 Å². The lowest BCUT2D eigenvalue weighted by molar-refractivity contribution is 0.360. The maximum absolute atomic E-state index is 5.48. The molecule has 0 atom stereocenters. The van der Waals surface area contributed by atoms with Crippen molar-refractivity contribution in [1.29, 1.82) is 0 Å². The predicted octanol–water partition coefficient (Wildman–Crippen LogP) is 1.74. The molecule has 0 aromatic carbocycles. The van der Waals surface area contributed by atoms with E-state index in [0.717, 1.165) is 13.0 Å². The van der Waals surface area contributed by atoms with Crippen LogP contribution in [0.5, 0.6) is 0 Å². The number of hydrogen-bond acceptors (Lipinski definition) is 1. The third kappa shape index (κ3) is 9.18. The first-order chi connectivity index (χ1) is 5.95. The zero-order valence-corrected chi connectivity index (χ0v) is 9.35. The molecular formula is C10H23N3. The van der Waals surface area contributed by atoms with Crippen LogP contribution in [0.15, 0.2) is 4.99 Å². The Kier molecular flexibility index (Phi) is 5.51. The lowest BCUT2D eigenvalue weighted by atomic mass is 9.90. The molecular weight excluding hydrogens is 162 g/mol. The summed E-state index contributed by atoms with van der Waals surface area (Å²) in [6, 6.07) is 0. The maximum Gasteiger partial charge on any atom is 0.188 e. The highest BCUT2D eigenvalue weighted by molar-refractivity contribution is 5.77. The van der Waals surface area contributed by atoms with Crippen LogP contribution in [0.25, 0.3) is 0 Å². The van der Waals surface area contributed by atoms with Crippen LogP contribution in [-0.4, -0.2) is 19.6 Å². The van der Waals surface area contributed by atoms with Gasteiger partial charge in [0.15, 0.2) is 5.96 Å². The Morgan fingerprint density at radius 1 is 1.31 bits per heavy atom. The van der Waals surface area contributed by atoms with E-state index >= 15 is 0 Å². The molecule has 0 aliphatic rings. The fourth-order valence-electron chi connectivity index (χ4n) is 1.08. The van der Waals surface area contributed by atoms with Crippen molar-refractivity contribution in [2.45, 2.75) is 40.0 Å². The molecule has 0 bridgehead atoms. The summed E-state index contributed by atoms with van der Waals surface area (Å²) >= 11 is 0. The van der Waals surface area contributed by atoms with E-state index in [9.17, 15) is 0 Å². The summed E-state index contributed by atoms with van der Waals surface area (Å²) in [7, 11) is 1.69. The van der Waals surface area contributed by atoms with Crippen LogP contribution in [0.3, 0.4) is 0 Å². The second-order valence-electron chi connectivity index (χ2n) is 4.55. The third-order valence-electron chi connectivity index (χ3n) is 1.90. The van der Waals surface area contributed by atoms with E-state index in [2.05, 4.69) is 31.1 Å². The average Bonchev–Trinajstić information content (AvgIpc) is 2.01. The van der Waals surface area contributed by atoms with Gasteiger partial charge in [0.25, 0.3) is 0 Å². The molecule has 0 aromatic heterocycles. The van der Waals surface area contributed by atoms with Gasteiger partial charge in [-0.05, 0) is 18.3 Å². The smallest absolute Gasteiger partial charge is 0.188 e. The number of nitrogens with one attached hydrogen (secondary N) is 1. The molecule has 0 amide bonds. The predicted molar refractivity (Wildman–Crippen MR) is 58.9 cm³/mol. The molecule has 0 saturated carbocycles. The normalized spacial score (nSPS) is 13.1. The highest BCUT2D eigenvalue weighted by Gasteiger charge is 2.08. The Labute approximate surface area is 81.8 Å². The SMILES string of the molecule is CN=C(N)NCCCCC(C)(C)C. The summed E-state index contributed by atoms with van der Waals surface area (Å²) in [5.74, 6) is 0.538. The summed E-state index contributed by atoms with van der Waals surface area (Å²) in [4.78, 5) is 3.82. The van der Waals surface area contributed by atoms with Gasteiger partial charge >= 0.3 is 0 Å². The molecule has 3 N–H and O–H groups in total. The highest BCUT2D eigenvalue weighted by atomic mass is 15.1. The number of unbranched alkanes of at least 4 members (excludes halogenated alkanes) is 1. The Morgan fingerprint density at radius 2 is 1.92 bits per heavy atom. The van der Waals surface area contributed by atoms with Crippen molar-refractivity contribution in [2.75, 3.05) is 13.6 Å². The number of hydrogen-bond donors (Lipinski definition) is 2. The van der Waals surface area contributed by atoms with E-state index in [1.165, 1.54) is 12.8 Å². The lowest BCUT2D eigenvalue weighted by Gasteiger charge is -2.17. The summed E-state index contributed by atoms with van der Waals surface area (Å²) in [6.45, 7) is 7.73. The molecule has 13 heavy (non-hydrogen) atoms. The molecule has 0 radical (unpaired) electrons. The van der Waals surface area contributed by atoms with Crippen molar-refractivity contribution in [1.82, 2.24) is 5.32 Å². The zero-order chi connectivity index (χ0) is 10.3. The standard InChI is InChI=1S/C10H23N3/c1-10(2,3)7-5-6-8-13-9(11)12-4/h5-8H2,1-4H3,(H3,11,12,13). The van der Waals surface area contributed by atoms with Gasteiger partial charge in [0.1, 0.15) is 0 Å². The Balaban J connectivity index is 3.28. The minimum absolute atomic E-state index is 0.449. The molecule has 0 aromatic rings. The van der Waals surface area contributed by atoms with Gasteiger partial charge in [0, 0.05) is 13.6 Å². The van der Waals surface area contributed by atoms with Crippen LogP contribution in [0, 0.1) is 5.41 Å². The number of nitrogens with two attached hydrogens (primary N) is 1. The van der Waals surface area contributed by atoms with Gasteiger partial charge in [-0.1, -0.05) is 27.2 Å². The van der Waals surface area contributed by atoms with Crippen LogP contribution in [-0.2, 0) is 0 Å². The summed E-state index contributed by atoms with van der Waals surface area (Å²) in [5.41, 5.74) is 5.93. The molecule has 0 unspecified atom stereocenters. The molecule has 0 fully saturated rings.